The van der Waals surface area contributed by atoms with Gasteiger partial charge in [0.05, 0.1) is 18.1 Å². The summed E-state index contributed by atoms with van der Waals surface area (Å²) in [5, 5.41) is 21.5. The lowest BCUT2D eigenvalue weighted by molar-refractivity contribution is 0.181. The lowest BCUT2D eigenvalue weighted by Gasteiger charge is -2.21. The number of nitrogens with one attached hydrogen (secondary N) is 1. The maximum Gasteiger partial charge on any atom is 0.0672 e. The summed E-state index contributed by atoms with van der Waals surface area (Å²) in [6.45, 7) is 2.37. The van der Waals surface area contributed by atoms with Crippen LogP contribution in [-0.2, 0) is 0 Å². The highest BCUT2D eigenvalue weighted by molar-refractivity contribution is 4.93. The van der Waals surface area contributed by atoms with E-state index in [9.17, 15) is 0 Å². The maximum absolute atomic E-state index is 9.17. The van der Waals surface area contributed by atoms with E-state index in [1.54, 1.807) is 6.92 Å². The average molecular weight is 196 g/mol. The fourth-order valence-corrected chi connectivity index (χ4v) is 2.03. The normalized spacial score (nSPS) is 30.4. The number of nitrogens with zero attached hydrogens (tertiary/aromatic N) is 1. The van der Waals surface area contributed by atoms with Crippen LogP contribution in [0.2, 0.25) is 0 Å². The molecule has 0 aromatic heterocycles. The van der Waals surface area contributed by atoms with E-state index in [1.165, 1.54) is 19.3 Å². The first-order valence-corrected chi connectivity index (χ1v) is 5.55. The van der Waals surface area contributed by atoms with Crippen LogP contribution in [0.15, 0.2) is 0 Å². The molecule has 0 aliphatic heterocycles. The van der Waals surface area contributed by atoms with Crippen molar-refractivity contribution < 1.29 is 5.11 Å². The van der Waals surface area contributed by atoms with Gasteiger partial charge in [0.25, 0.3) is 0 Å². The number of hydrogen-bond acceptors (Lipinski definition) is 3. The zero-order chi connectivity index (χ0) is 10.4. The van der Waals surface area contributed by atoms with Crippen molar-refractivity contribution in [1.29, 1.82) is 5.26 Å². The Hall–Kier alpha value is -0.590. The number of aliphatic hydroxyl groups is 1. The van der Waals surface area contributed by atoms with Crippen molar-refractivity contribution in [3.8, 4) is 6.07 Å². The quantitative estimate of drug-likeness (QED) is 0.671. The largest absolute Gasteiger partial charge is 0.392 e. The Kier molecular flexibility index (Phi) is 4.92. The molecule has 0 saturated heterocycles. The molecule has 0 radical (unpaired) electrons. The Morgan fingerprint density at radius 3 is 2.79 bits per heavy atom. The maximum atomic E-state index is 9.17. The number of nitriles is 1. The van der Waals surface area contributed by atoms with Crippen LogP contribution in [0.25, 0.3) is 0 Å². The molecule has 1 fully saturated rings. The lowest BCUT2D eigenvalue weighted by atomic mass is 9.96. The van der Waals surface area contributed by atoms with Crippen molar-refractivity contribution in [3.05, 3.63) is 0 Å². The summed E-state index contributed by atoms with van der Waals surface area (Å²) >= 11 is 0. The SMILES string of the molecule is CC(O)CNC1CCCCCC1C#N. The van der Waals surface area contributed by atoms with Gasteiger partial charge in [0.2, 0.25) is 0 Å². The molecule has 0 bridgehead atoms. The van der Waals surface area contributed by atoms with Gasteiger partial charge >= 0.3 is 0 Å². The third kappa shape index (κ3) is 3.65. The predicted molar refractivity (Wildman–Crippen MR) is 55.7 cm³/mol. The van der Waals surface area contributed by atoms with Gasteiger partial charge in [0, 0.05) is 12.6 Å². The Morgan fingerprint density at radius 2 is 2.14 bits per heavy atom. The fourth-order valence-electron chi connectivity index (χ4n) is 2.03. The van der Waals surface area contributed by atoms with Gasteiger partial charge in [-0.15, -0.1) is 0 Å². The second kappa shape index (κ2) is 6.00. The Labute approximate surface area is 86.1 Å². The minimum absolute atomic E-state index is 0.135. The summed E-state index contributed by atoms with van der Waals surface area (Å²) in [6, 6.07) is 2.66. The Bertz CT molecular complexity index is 198. The monoisotopic (exact) mass is 196 g/mol. The summed E-state index contributed by atoms with van der Waals surface area (Å²) < 4.78 is 0. The van der Waals surface area contributed by atoms with E-state index in [-0.39, 0.29) is 18.1 Å². The predicted octanol–water partition coefficient (Wildman–Crippen LogP) is 1.43. The van der Waals surface area contributed by atoms with Gasteiger partial charge in [-0.25, -0.2) is 0 Å². The average Bonchev–Trinajstić information content (AvgIpc) is 2.38. The topological polar surface area (TPSA) is 56.0 Å². The summed E-state index contributed by atoms with van der Waals surface area (Å²) in [5.41, 5.74) is 0. The molecule has 3 nitrogen and oxygen atoms in total. The van der Waals surface area contributed by atoms with E-state index in [4.69, 9.17) is 10.4 Å². The van der Waals surface area contributed by atoms with Crippen molar-refractivity contribution in [1.82, 2.24) is 5.32 Å². The third-order valence-corrected chi connectivity index (χ3v) is 2.86. The van der Waals surface area contributed by atoms with Crippen LogP contribution in [-0.4, -0.2) is 23.8 Å². The van der Waals surface area contributed by atoms with Crippen molar-refractivity contribution in [3.63, 3.8) is 0 Å². The molecule has 0 aromatic rings. The summed E-state index contributed by atoms with van der Waals surface area (Å²) in [6.07, 6.45) is 5.38. The molecule has 2 N–H and O–H groups in total. The molecule has 0 aromatic carbocycles. The molecule has 3 atom stereocenters. The Morgan fingerprint density at radius 1 is 1.43 bits per heavy atom. The standard InChI is InChI=1S/C11H20N2O/c1-9(14)8-13-11-6-4-2-3-5-10(11)7-12/h9-11,13-14H,2-6,8H2,1H3. The molecule has 3 heteroatoms. The second-order valence-electron chi connectivity index (χ2n) is 4.24. The molecule has 80 valence electrons. The van der Waals surface area contributed by atoms with E-state index in [2.05, 4.69) is 11.4 Å². The van der Waals surface area contributed by atoms with E-state index >= 15 is 0 Å². The second-order valence-corrected chi connectivity index (χ2v) is 4.24. The van der Waals surface area contributed by atoms with E-state index in [0.29, 0.717) is 6.54 Å². The van der Waals surface area contributed by atoms with Crippen LogP contribution in [0.1, 0.15) is 39.0 Å². The van der Waals surface area contributed by atoms with Gasteiger partial charge in [-0.1, -0.05) is 19.3 Å². The highest BCUT2D eigenvalue weighted by atomic mass is 16.3. The number of aliphatic hydroxyl groups excluding tert-OH is 1. The highest BCUT2D eigenvalue weighted by Gasteiger charge is 2.22. The minimum atomic E-state index is -0.322. The first kappa shape index (κ1) is 11.5. The summed E-state index contributed by atoms with van der Waals surface area (Å²) in [4.78, 5) is 0. The molecule has 0 heterocycles. The molecular weight excluding hydrogens is 176 g/mol. The first-order chi connectivity index (χ1) is 6.74. The number of hydrogen-bond donors (Lipinski definition) is 2. The summed E-state index contributed by atoms with van der Waals surface area (Å²) in [7, 11) is 0. The Balaban J connectivity index is 2.41. The zero-order valence-electron chi connectivity index (χ0n) is 8.87. The van der Waals surface area contributed by atoms with Crippen molar-refractivity contribution in [2.45, 2.75) is 51.2 Å². The first-order valence-electron chi connectivity index (χ1n) is 5.55. The lowest BCUT2D eigenvalue weighted by Crippen LogP contribution is -2.38. The molecule has 0 spiro atoms. The molecule has 14 heavy (non-hydrogen) atoms. The molecular formula is C11H20N2O. The zero-order valence-corrected chi connectivity index (χ0v) is 8.87. The number of rotatable bonds is 3. The van der Waals surface area contributed by atoms with Gasteiger partial charge in [0.15, 0.2) is 0 Å². The van der Waals surface area contributed by atoms with Gasteiger partial charge in [-0.2, -0.15) is 5.26 Å². The van der Waals surface area contributed by atoms with Crippen LogP contribution < -0.4 is 5.32 Å². The van der Waals surface area contributed by atoms with Gasteiger partial charge < -0.3 is 10.4 Å². The fraction of sp³-hybridized carbons (Fsp3) is 0.909. The van der Waals surface area contributed by atoms with Crippen LogP contribution >= 0.6 is 0 Å². The van der Waals surface area contributed by atoms with Crippen LogP contribution in [0, 0.1) is 17.2 Å². The molecule has 1 aliphatic rings. The van der Waals surface area contributed by atoms with Crippen molar-refractivity contribution in [2.75, 3.05) is 6.54 Å². The van der Waals surface area contributed by atoms with Crippen LogP contribution in [0.4, 0.5) is 0 Å². The molecule has 3 unspecified atom stereocenters. The molecule has 0 amide bonds. The van der Waals surface area contributed by atoms with Crippen molar-refractivity contribution >= 4 is 0 Å². The summed E-state index contributed by atoms with van der Waals surface area (Å²) in [5.74, 6) is 0.135. The highest BCUT2D eigenvalue weighted by Crippen LogP contribution is 2.22. The smallest absolute Gasteiger partial charge is 0.0672 e. The van der Waals surface area contributed by atoms with Crippen LogP contribution in [0.5, 0.6) is 0 Å². The molecule has 1 rings (SSSR count). The van der Waals surface area contributed by atoms with Crippen LogP contribution in [0.3, 0.4) is 0 Å². The molecule has 1 saturated carbocycles. The van der Waals surface area contributed by atoms with E-state index in [0.717, 1.165) is 12.8 Å². The minimum Gasteiger partial charge on any atom is -0.392 e. The molecule has 1 aliphatic carbocycles. The van der Waals surface area contributed by atoms with Crippen molar-refractivity contribution in [2.24, 2.45) is 5.92 Å². The van der Waals surface area contributed by atoms with E-state index < -0.39 is 0 Å². The van der Waals surface area contributed by atoms with E-state index in [1.807, 2.05) is 0 Å². The van der Waals surface area contributed by atoms with Gasteiger partial charge in [0.1, 0.15) is 0 Å². The third-order valence-electron chi connectivity index (χ3n) is 2.86. The van der Waals surface area contributed by atoms with Gasteiger partial charge in [-0.3, -0.25) is 0 Å². The van der Waals surface area contributed by atoms with Gasteiger partial charge in [-0.05, 0) is 19.8 Å².